The van der Waals surface area contributed by atoms with Crippen LogP contribution in [0.25, 0.3) is 0 Å². The predicted octanol–water partition coefficient (Wildman–Crippen LogP) is 5.92. The fraction of sp³-hybridized carbons (Fsp3) is 0.978. The van der Waals surface area contributed by atoms with Gasteiger partial charge in [-0.1, -0.05) is 38.5 Å². The number of aliphatic hydroxyl groups is 3. The van der Waals surface area contributed by atoms with Gasteiger partial charge in [0.1, 0.15) is 6.79 Å². The number of hydrogen-bond donors (Lipinski definition) is 5. The summed E-state index contributed by atoms with van der Waals surface area (Å²) in [6.45, 7) is 2.63. The smallest absolute Gasteiger partial charge is 0.302 e. The Morgan fingerprint density at radius 1 is 0.891 bits per heavy atom. The van der Waals surface area contributed by atoms with Gasteiger partial charge in [-0.25, -0.2) is 0 Å². The lowest BCUT2D eigenvalue weighted by Gasteiger charge is -2.61. The van der Waals surface area contributed by atoms with Crippen LogP contribution in [0.15, 0.2) is 0 Å². The lowest BCUT2D eigenvalue weighted by atomic mass is 9.45. The highest BCUT2D eigenvalue weighted by Gasteiger charge is 2.66. The van der Waals surface area contributed by atoms with Crippen LogP contribution in [0, 0.1) is 70.5 Å². The highest BCUT2D eigenvalue weighted by atomic mass is 16.6. The molecule has 6 N–H and O–H groups in total. The molecule has 1 spiro atoms. The van der Waals surface area contributed by atoms with Crippen molar-refractivity contribution in [2.24, 2.45) is 76.2 Å². The third kappa shape index (κ3) is 8.47. The van der Waals surface area contributed by atoms with E-state index in [-0.39, 0.29) is 60.6 Å². The van der Waals surface area contributed by atoms with Crippen LogP contribution in [0.1, 0.15) is 135 Å². The molecule has 8 aliphatic rings. The molecule has 6 saturated carbocycles. The third-order valence-corrected chi connectivity index (χ3v) is 17.6. The molecule has 8 rings (SSSR count). The molecular formula is C45H76N2O8. The minimum absolute atomic E-state index is 0.0383. The van der Waals surface area contributed by atoms with Gasteiger partial charge in [0, 0.05) is 20.0 Å². The molecule has 18 atom stereocenters. The van der Waals surface area contributed by atoms with E-state index in [0.29, 0.717) is 66.8 Å². The van der Waals surface area contributed by atoms with Gasteiger partial charge in [0.2, 0.25) is 0 Å². The number of esters is 1. The summed E-state index contributed by atoms with van der Waals surface area (Å²) in [6, 6.07) is 0. The first-order valence-corrected chi connectivity index (χ1v) is 23.1. The molecule has 0 aromatic heterocycles. The maximum absolute atomic E-state index is 12.3. The summed E-state index contributed by atoms with van der Waals surface area (Å²) in [5.41, 5.74) is 6.53. The Labute approximate surface area is 331 Å². The number of nitrogens with two attached hydrogens (primary N) is 1. The summed E-state index contributed by atoms with van der Waals surface area (Å²) in [5.74, 6) is 4.83. The van der Waals surface area contributed by atoms with E-state index >= 15 is 0 Å². The van der Waals surface area contributed by atoms with Gasteiger partial charge < -0.3 is 45.3 Å². The molecule has 6 aliphatic carbocycles. The molecule has 13 unspecified atom stereocenters. The minimum atomic E-state index is -0.457. The Morgan fingerprint density at radius 3 is 2.45 bits per heavy atom. The number of methoxy groups -OCH3 is 1. The van der Waals surface area contributed by atoms with Gasteiger partial charge in [-0.3, -0.25) is 4.79 Å². The van der Waals surface area contributed by atoms with Crippen LogP contribution in [0.4, 0.5) is 0 Å². The molecule has 2 aliphatic heterocycles. The number of nitrogens with one attached hydrogen (secondary N) is 1. The number of carbonyl (C=O) groups is 1. The van der Waals surface area contributed by atoms with Crippen LogP contribution in [-0.2, 0) is 23.7 Å². The zero-order valence-electron chi connectivity index (χ0n) is 34.1. The van der Waals surface area contributed by atoms with Crippen LogP contribution >= 0.6 is 0 Å². The molecule has 0 aromatic carbocycles. The molecule has 2 saturated heterocycles. The number of aliphatic hydroxyl groups excluding tert-OH is 3. The van der Waals surface area contributed by atoms with E-state index in [4.69, 9.17) is 24.7 Å². The second kappa shape index (κ2) is 17.8. The molecule has 55 heavy (non-hydrogen) atoms. The van der Waals surface area contributed by atoms with Gasteiger partial charge in [0.15, 0.2) is 0 Å². The number of hydrogen-bond acceptors (Lipinski definition) is 10. The van der Waals surface area contributed by atoms with Crippen molar-refractivity contribution < 1.29 is 39.1 Å². The zero-order chi connectivity index (χ0) is 38.3. The van der Waals surface area contributed by atoms with Crippen LogP contribution in [0.3, 0.4) is 0 Å². The fourth-order valence-corrected chi connectivity index (χ4v) is 15.4. The van der Waals surface area contributed by atoms with Crippen molar-refractivity contribution in [1.29, 1.82) is 0 Å². The second-order valence-corrected chi connectivity index (χ2v) is 20.3. The third-order valence-electron chi connectivity index (χ3n) is 17.6. The van der Waals surface area contributed by atoms with Crippen molar-refractivity contribution in [2.45, 2.75) is 178 Å². The molecule has 314 valence electrons. The van der Waals surface area contributed by atoms with Gasteiger partial charge in [0.25, 0.3) is 0 Å². The van der Waals surface area contributed by atoms with Crippen LogP contribution in [0.5, 0.6) is 0 Å². The van der Waals surface area contributed by atoms with E-state index in [2.05, 4.69) is 5.32 Å². The van der Waals surface area contributed by atoms with Crippen LogP contribution < -0.4 is 11.1 Å². The SMILES string of the molecule is COC1CC([C@H]2OC3C(CCC4C5C(CC(O)CC5OCO)C[C@@]5(CC[C@@H]([C@H](CCC6CCCCC6)C6CCC(N)NC6)C5)C43)[C@H]2COC(C)=O)CCC1O. The van der Waals surface area contributed by atoms with E-state index in [1.54, 1.807) is 7.11 Å². The Morgan fingerprint density at radius 2 is 1.71 bits per heavy atom. The highest BCUT2D eigenvalue weighted by Crippen LogP contribution is 2.69. The molecule has 10 heteroatoms. The fourth-order valence-electron chi connectivity index (χ4n) is 15.4. The molecule has 0 aromatic rings. The van der Waals surface area contributed by atoms with Crippen LogP contribution in [-0.4, -0.2) is 91.1 Å². The minimum Gasteiger partial charge on any atom is -0.465 e. The summed E-state index contributed by atoms with van der Waals surface area (Å²) >= 11 is 0. The average molecular weight is 773 g/mol. The van der Waals surface area contributed by atoms with Crippen molar-refractivity contribution in [3.05, 3.63) is 0 Å². The molecule has 0 amide bonds. The highest BCUT2D eigenvalue weighted by molar-refractivity contribution is 5.65. The molecule has 8 fully saturated rings. The second-order valence-electron chi connectivity index (χ2n) is 20.3. The number of carbonyl (C=O) groups excluding carboxylic acids is 1. The van der Waals surface area contributed by atoms with Crippen molar-refractivity contribution >= 4 is 5.97 Å². The zero-order valence-corrected chi connectivity index (χ0v) is 34.1. The van der Waals surface area contributed by atoms with E-state index in [1.165, 1.54) is 77.6 Å². The summed E-state index contributed by atoms with van der Waals surface area (Å²) in [6.07, 6.45) is 21.7. The summed E-state index contributed by atoms with van der Waals surface area (Å²) in [7, 11) is 1.71. The Kier molecular flexibility index (Phi) is 13.2. The molecular weight excluding hydrogens is 697 g/mol. The Balaban J connectivity index is 1.12. The largest absolute Gasteiger partial charge is 0.465 e. The first-order valence-electron chi connectivity index (χ1n) is 23.1. The number of piperidine rings is 1. The van der Waals surface area contributed by atoms with Gasteiger partial charge in [-0.15, -0.1) is 0 Å². The quantitative estimate of drug-likeness (QED) is 0.126. The summed E-state index contributed by atoms with van der Waals surface area (Å²) in [4.78, 5) is 12.3. The average Bonchev–Trinajstić information content (AvgIpc) is 3.76. The van der Waals surface area contributed by atoms with Crippen LogP contribution in [0.2, 0.25) is 0 Å². The standard InChI is InChI=1S/C45H76N2O8/c1-26(49)53-24-36-34-12-13-35-41-31(18-32(50)20-39(41)54-25-48)22-45(42(35)44(34)55-43(36)28-9-14-37(51)38(19-28)52-2)17-16-29(21-45)33(30-10-15-40(46)47-23-30)11-8-27-6-4-3-5-7-27/h27-44,47-48,50-51H,3-25,46H2,1-2H3/t28?,29-,30?,31?,32?,33+,34?,35?,36-,37?,38?,39?,40?,41?,42?,43-,44?,45+/m1/s1. The van der Waals surface area contributed by atoms with Gasteiger partial charge in [-0.2, -0.15) is 0 Å². The lowest BCUT2D eigenvalue weighted by molar-refractivity contribution is -0.206. The number of rotatable bonds is 11. The monoisotopic (exact) mass is 773 g/mol. The normalized spacial score (nSPS) is 48.2. The van der Waals surface area contributed by atoms with Gasteiger partial charge >= 0.3 is 5.97 Å². The van der Waals surface area contributed by atoms with E-state index in [0.717, 1.165) is 57.4 Å². The van der Waals surface area contributed by atoms with Gasteiger partial charge in [-0.05, 0) is 161 Å². The van der Waals surface area contributed by atoms with Crippen molar-refractivity contribution in [3.8, 4) is 0 Å². The first-order chi connectivity index (χ1) is 26.7. The molecule has 2 heterocycles. The van der Waals surface area contributed by atoms with Crippen molar-refractivity contribution in [2.75, 3.05) is 27.1 Å². The Bertz CT molecular complexity index is 1260. The van der Waals surface area contributed by atoms with Gasteiger partial charge in [0.05, 0.1) is 49.4 Å². The maximum Gasteiger partial charge on any atom is 0.302 e. The Hall–Kier alpha value is -0.850. The number of fused-ring (bicyclic) bond motifs is 6. The number of ether oxygens (including phenoxy) is 4. The van der Waals surface area contributed by atoms with E-state index in [9.17, 15) is 20.1 Å². The van der Waals surface area contributed by atoms with Crippen molar-refractivity contribution in [1.82, 2.24) is 5.32 Å². The van der Waals surface area contributed by atoms with E-state index < -0.39 is 12.2 Å². The molecule has 0 bridgehead atoms. The molecule has 10 nitrogen and oxygen atoms in total. The topological polar surface area (TPSA) is 153 Å². The summed E-state index contributed by atoms with van der Waals surface area (Å²) < 4.78 is 25.4. The predicted molar refractivity (Wildman–Crippen MR) is 209 cm³/mol. The first kappa shape index (κ1) is 40.9. The summed E-state index contributed by atoms with van der Waals surface area (Å²) in [5, 5.41) is 35.8. The van der Waals surface area contributed by atoms with Crippen molar-refractivity contribution in [3.63, 3.8) is 0 Å². The lowest BCUT2D eigenvalue weighted by Crippen LogP contribution is -2.59. The maximum atomic E-state index is 12.3. The van der Waals surface area contributed by atoms with E-state index in [1.807, 2.05) is 0 Å². The molecule has 0 radical (unpaired) electrons.